The number of hydrogen-bond donors (Lipinski definition) is 0. The normalized spacial score (nSPS) is 23.6. The number of anilines is 1. The van der Waals surface area contributed by atoms with Gasteiger partial charge < -0.3 is 14.1 Å². The maximum absolute atomic E-state index is 13.7. The molecule has 0 saturated carbocycles. The quantitative estimate of drug-likeness (QED) is 0.482. The lowest BCUT2D eigenvalue weighted by molar-refractivity contribution is -0.136. The predicted octanol–water partition coefficient (Wildman–Crippen LogP) is 2.47. The van der Waals surface area contributed by atoms with Crippen molar-refractivity contribution in [1.29, 1.82) is 0 Å². The van der Waals surface area contributed by atoms with E-state index in [1.54, 1.807) is 29.2 Å². The average molecular weight is 526 g/mol. The Balaban J connectivity index is 1.41. The molecule has 6 rings (SSSR count). The fourth-order valence-corrected chi connectivity index (χ4v) is 7.78. The summed E-state index contributed by atoms with van der Waals surface area (Å²) in [4.78, 5) is 56.7. The monoisotopic (exact) mass is 525 g/mol. The number of morpholine rings is 1. The van der Waals surface area contributed by atoms with Crippen molar-refractivity contribution in [2.24, 2.45) is 5.92 Å². The van der Waals surface area contributed by atoms with Crippen LogP contribution < -0.4 is 9.77 Å². The van der Waals surface area contributed by atoms with E-state index in [4.69, 9.17) is 9.15 Å². The van der Waals surface area contributed by atoms with Crippen molar-refractivity contribution in [3.63, 3.8) is 0 Å². The standard InChI is InChI=1S/C25H23N3O6S2/c1-14-4-6-15(7-5-14)28-22(30)19-18(16-3-2-10-34-16)21-24(35-20(19)23(28)31)27(25(32)36-21)13-17(29)26-8-11-33-12-9-26/h2-7,10,18-20H,8-9,11-13H2,1H3/t18-,19?,20?/m1/s1. The van der Waals surface area contributed by atoms with Gasteiger partial charge in [0.25, 0.3) is 0 Å². The Bertz CT molecular complexity index is 1390. The van der Waals surface area contributed by atoms with Gasteiger partial charge in [-0.3, -0.25) is 23.7 Å². The van der Waals surface area contributed by atoms with Crippen LogP contribution in [-0.2, 0) is 25.7 Å². The van der Waals surface area contributed by atoms with Crippen LogP contribution >= 0.6 is 23.1 Å². The highest BCUT2D eigenvalue weighted by Gasteiger charge is 2.57. The van der Waals surface area contributed by atoms with Crippen LogP contribution in [0.15, 0.2) is 56.9 Å². The second kappa shape index (κ2) is 9.06. The number of aryl methyl sites for hydroxylation is 1. The van der Waals surface area contributed by atoms with Crippen molar-refractivity contribution in [3.05, 3.63) is 68.5 Å². The van der Waals surface area contributed by atoms with Crippen molar-refractivity contribution in [3.8, 4) is 0 Å². The van der Waals surface area contributed by atoms with Crippen LogP contribution in [0.5, 0.6) is 0 Å². The molecule has 186 valence electrons. The zero-order chi connectivity index (χ0) is 25.0. The van der Waals surface area contributed by atoms with Crippen LogP contribution in [0.4, 0.5) is 5.69 Å². The molecule has 0 aliphatic carbocycles. The molecule has 3 atom stereocenters. The number of thioether (sulfide) groups is 1. The Hall–Kier alpha value is -3.15. The van der Waals surface area contributed by atoms with Crippen LogP contribution in [0.2, 0.25) is 0 Å². The first-order valence-electron chi connectivity index (χ1n) is 11.7. The van der Waals surface area contributed by atoms with E-state index in [0.29, 0.717) is 47.7 Å². The lowest BCUT2D eigenvalue weighted by atomic mass is 9.87. The molecule has 1 aromatic carbocycles. The van der Waals surface area contributed by atoms with Gasteiger partial charge in [-0.05, 0) is 31.2 Å². The number of furan rings is 1. The summed E-state index contributed by atoms with van der Waals surface area (Å²) in [7, 11) is 0. The minimum Gasteiger partial charge on any atom is -0.469 e. The topological polar surface area (TPSA) is 102 Å². The van der Waals surface area contributed by atoms with Crippen LogP contribution in [0.25, 0.3) is 0 Å². The smallest absolute Gasteiger partial charge is 0.308 e. The summed E-state index contributed by atoms with van der Waals surface area (Å²) in [6, 6.07) is 10.7. The van der Waals surface area contributed by atoms with Crippen molar-refractivity contribution in [2.75, 3.05) is 31.2 Å². The molecule has 3 aliphatic heterocycles. The molecule has 2 saturated heterocycles. The fourth-order valence-electron chi connectivity index (χ4n) is 5.03. The van der Waals surface area contributed by atoms with Gasteiger partial charge in [0.15, 0.2) is 0 Å². The molecular formula is C25H23N3O6S2. The SMILES string of the molecule is Cc1ccc(N2C(=O)C3Sc4c(sc(=O)n4CC(=O)N4CCOCC4)[C@H](c4ccco4)C3C2=O)cc1. The first-order valence-corrected chi connectivity index (χ1v) is 13.4. The van der Waals surface area contributed by atoms with Gasteiger partial charge in [0.1, 0.15) is 17.6 Å². The number of aromatic nitrogens is 1. The van der Waals surface area contributed by atoms with Crippen molar-refractivity contribution < 1.29 is 23.5 Å². The maximum Gasteiger partial charge on any atom is 0.308 e. The molecule has 3 amide bonds. The Labute approximate surface area is 214 Å². The number of fused-ring (bicyclic) bond motifs is 2. The van der Waals surface area contributed by atoms with E-state index in [9.17, 15) is 19.2 Å². The maximum atomic E-state index is 13.7. The highest BCUT2D eigenvalue weighted by atomic mass is 32.2. The van der Waals surface area contributed by atoms with Crippen LogP contribution in [0.1, 0.15) is 22.1 Å². The Kier molecular flexibility index (Phi) is 5.85. The molecule has 2 aromatic heterocycles. The van der Waals surface area contributed by atoms with Crippen LogP contribution in [0.3, 0.4) is 0 Å². The van der Waals surface area contributed by atoms with Crippen LogP contribution in [-0.4, -0.2) is 58.7 Å². The Morgan fingerprint density at radius 2 is 1.81 bits per heavy atom. The zero-order valence-corrected chi connectivity index (χ0v) is 21.0. The molecule has 2 fully saturated rings. The van der Waals surface area contributed by atoms with Gasteiger partial charge in [-0.1, -0.05) is 40.8 Å². The van der Waals surface area contributed by atoms with E-state index >= 15 is 0 Å². The van der Waals surface area contributed by atoms with Gasteiger partial charge in [0.05, 0.1) is 46.9 Å². The molecular weight excluding hydrogens is 502 g/mol. The highest BCUT2D eigenvalue weighted by Crippen LogP contribution is 2.53. The third-order valence-electron chi connectivity index (χ3n) is 6.85. The van der Waals surface area contributed by atoms with E-state index in [2.05, 4.69) is 0 Å². The lowest BCUT2D eigenvalue weighted by Crippen LogP contribution is -2.43. The second-order valence-electron chi connectivity index (χ2n) is 9.02. The van der Waals surface area contributed by atoms with Gasteiger partial charge in [-0.25, -0.2) is 4.90 Å². The molecule has 36 heavy (non-hydrogen) atoms. The van der Waals surface area contributed by atoms with E-state index < -0.39 is 17.1 Å². The highest BCUT2D eigenvalue weighted by molar-refractivity contribution is 8.00. The molecule has 0 N–H and O–H groups in total. The van der Waals surface area contributed by atoms with E-state index in [1.807, 2.05) is 19.1 Å². The summed E-state index contributed by atoms with van der Waals surface area (Å²) in [5.74, 6) is -1.61. The van der Waals surface area contributed by atoms with Crippen molar-refractivity contribution in [2.45, 2.75) is 29.7 Å². The number of rotatable bonds is 4. The lowest BCUT2D eigenvalue weighted by Gasteiger charge is -2.30. The van der Waals surface area contributed by atoms with Gasteiger partial charge in [-0.2, -0.15) is 0 Å². The Morgan fingerprint density at radius 3 is 2.50 bits per heavy atom. The molecule has 2 unspecified atom stereocenters. The van der Waals surface area contributed by atoms with Crippen molar-refractivity contribution in [1.82, 2.24) is 9.47 Å². The number of carbonyl (C=O) groups excluding carboxylic acids is 3. The molecule has 0 spiro atoms. The number of imide groups is 1. The Morgan fingerprint density at radius 1 is 1.06 bits per heavy atom. The van der Waals surface area contributed by atoms with Crippen LogP contribution in [0, 0.1) is 12.8 Å². The molecule has 11 heteroatoms. The number of carbonyl (C=O) groups is 3. The molecule has 3 aliphatic rings. The second-order valence-corrected chi connectivity index (χ2v) is 11.1. The number of hydrogen-bond acceptors (Lipinski definition) is 8. The van der Waals surface area contributed by atoms with Gasteiger partial charge >= 0.3 is 4.87 Å². The summed E-state index contributed by atoms with van der Waals surface area (Å²) in [5, 5.41) is -0.179. The summed E-state index contributed by atoms with van der Waals surface area (Å²) in [5.41, 5.74) is 1.54. The molecule has 0 bridgehead atoms. The zero-order valence-electron chi connectivity index (χ0n) is 19.4. The van der Waals surface area contributed by atoms with E-state index in [1.165, 1.54) is 27.5 Å². The molecule has 5 heterocycles. The third-order valence-corrected chi connectivity index (χ3v) is 9.45. The number of nitrogens with zero attached hydrogens (tertiary/aromatic N) is 3. The number of thiazole rings is 1. The van der Waals surface area contributed by atoms with E-state index in [0.717, 1.165) is 16.9 Å². The van der Waals surface area contributed by atoms with Crippen molar-refractivity contribution >= 4 is 46.5 Å². The first kappa shape index (κ1) is 23.3. The summed E-state index contributed by atoms with van der Waals surface area (Å²) in [6.45, 7) is 3.70. The number of amides is 3. The van der Waals surface area contributed by atoms with Gasteiger partial charge in [-0.15, -0.1) is 0 Å². The number of benzene rings is 1. The third kappa shape index (κ3) is 3.73. The summed E-state index contributed by atoms with van der Waals surface area (Å²) in [6.07, 6.45) is 1.52. The molecule has 3 aromatic rings. The summed E-state index contributed by atoms with van der Waals surface area (Å²) < 4.78 is 12.5. The average Bonchev–Trinajstić information content (AvgIpc) is 3.58. The van der Waals surface area contributed by atoms with E-state index in [-0.39, 0.29) is 29.1 Å². The first-order chi connectivity index (χ1) is 17.4. The molecule has 9 nitrogen and oxygen atoms in total. The largest absolute Gasteiger partial charge is 0.469 e. The number of ether oxygens (including phenoxy) is 1. The minimum atomic E-state index is -0.736. The minimum absolute atomic E-state index is 0.121. The van der Waals surface area contributed by atoms with Gasteiger partial charge in [0.2, 0.25) is 17.7 Å². The molecule has 0 radical (unpaired) electrons. The van der Waals surface area contributed by atoms with Gasteiger partial charge in [0, 0.05) is 13.1 Å². The summed E-state index contributed by atoms with van der Waals surface area (Å²) >= 11 is 2.21. The predicted molar refractivity (Wildman–Crippen MR) is 133 cm³/mol. The fraction of sp³-hybridized carbons (Fsp3) is 0.360.